The Labute approximate surface area is 197 Å². The highest BCUT2D eigenvalue weighted by atomic mass is 14.8. The predicted octanol–water partition coefficient (Wildman–Crippen LogP) is 5.14. The van der Waals surface area contributed by atoms with E-state index >= 15 is 0 Å². The molecule has 0 bridgehead atoms. The van der Waals surface area contributed by atoms with Crippen LogP contribution in [0.25, 0.3) is 45.1 Å². The second kappa shape index (κ2) is 8.41. The Morgan fingerprint density at radius 3 is 2.18 bits per heavy atom. The number of aromatic amines is 1. The molecule has 162 valence electrons. The van der Waals surface area contributed by atoms with Crippen LogP contribution in [0, 0.1) is 6.92 Å². The van der Waals surface area contributed by atoms with Crippen LogP contribution in [0.15, 0.2) is 97.3 Å². The molecule has 0 atom stereocenters. The number of nitrogens with one attached hydrogen (secondary N) is 1. The first-order chi connectivity index (χ1) is 16.8. The van der Waals surface area contributed by atoms with Crippen molar-refractivity contribution in [3.05, 3.63) is 125 Å². The first-order valence-corrected chi connectivity index (χ1v) is 11.3. The van der Waals surface area contributed by atoms with Crippen molar-refractivity contribution in [1.29, 1.82) is 0 Å². The van der Waals surface area contributed by atoms with Crippen LogP contribution in [0.1, 0.15) is 17.0 Å². The lowest BCUT2D eigenvalue weighted by Gasteiger charge is -2.02. The summed E-state index contributed by atoms with van der Waals surface area (Å²) in [5, 5.41) is 5.38. The van der Waals surface area contributed by atoms with Crippen LogP contribution in [0.3, 0.4) is 0 Å². The molecule has 0 saturated carbocycles. The van der Waals surface area contributed by atoms with Crippen molar-refractivity contribution in [1.82, 2.24) is 19.9 Å². The summed E-state index contributed by atoms with van der Waals surface area (Å²) in [7, 11) is 0. The van der Waals surface area contributed by atoms with Gasteiger partial charge in [0.15, 0.2) is 0 Å². The van der Waals surface area contributed by atoms with E-state index in [1.807, 2.05) is 30.3 Å². The van der Waals surface area contributed by atoms with Gasteiger partial charge in [0.25, 0.3) is 0 Å². The molecule has 6 rings (SSSR count). The fourth-order valence-corrected chi connectivity index (χ4v) is 4.42. The first-order valence-electron chi connectivity index (χ1n) is 11.3. The number of hydrogen-bond acceptors (Lipinski definition) is 3. The van der Waals surface area contributed by atoms with Crippen LogP contribution in [-0.4, -0.2) is 19.9 Å². The van der Waals surface area contributed by atoms with E-state index in [2.05, 4.69) is 94.7 Å². The maximum atomic E-state index is 4.88. The minimum absolute atomic E-state index is 0.899. The van der Waals surface area contributed by atoms with Crippen molar-refractivity contribution in [2.45, 2.75) is 6.92 Å². The van der Waals surface area contributed by atoms with Crippen molar-refractivity contribution in [3.8, 4) is 11.3 Å². The number of nitrogens with zero attached hydrogens (tertiary/aromatic N) is 3. The highest BCUT2D eigenvalue weighted by Gasteiger charge is 2.06. The van der Waals surface area contributed by atoms with Gasteiger partial charge in [-0.3, -0.25) is 0 Å². The fourth-order valence-electron chi connectivity index (χ4n) is 4.42. The molecule has 0 unspecified atom stereocenters. The van der Waals surface area contributed by atoms with E-state index < -0.39 is 0 Å². The molecule has 3 aromatic carbocycles. The molecule has 3 heterocycles. The zero-order chi connectivity index (χ0) is 22.9. The second-order valence-electron chi connectivity index (χ2n) is 8.33. The molecule has 1 N–H and O–H groups in total. The van der Waals surface area contributed by atoms with Crippen LogP contribution < -0.4 is 10.7 Å². The minimum atomic E-state index is 0.899. The Balaban J connectivity index is 1.54. The van der Waals surface area contributed by atoms with E-state index in [9.17, 15) is 0 Å². The first kappa shape index (κ1) is 20.1. The van der Waals surface area contributed by atoms with Gasteiger partial charge >= 0.3 is 0 Å². The van der Waals surface area contributed by atoms with E-state index in [0.717, 1.165) is 60.6 Å². The monoisotopic (exact) mass is 438 g/mol. The average molecular weight is 439 g/mol. The number of fused-ring (bicyclic) bond motifs is 2. The molecule has 0 radical (unpaired) electrons. The molecule has 0 aliphatic rings. The molecule has 0 aliphatic heterocycles. The topological polar surface area (TPSA) is 54.5 Å². The fraction of sp³-hybridized carbons (Fsp3) is 0.0333. The molecule has 0 aliphatic carbocycles. The molecular formula is C30H22N4. The maximum Gasteiger partial charge on any atom is 0.116 e. The van der Waals surface area contributed by atoms with E-state index in [4.69, 9.17) is 4.98 Å². The average Bonchev–Trinajstić information content (AvgIpc) is 3.22. The van der Waals surface area contributed by atoms with E-state index in [1.54, 1.807) is 6.33 Å². The van der Waals surface area contributed by atoms with Gasteiger partial charge in [0.1, 0.15) is 6.33 Å². The van der Waals surface area contributed by atoms with Crippen molar-refractivity contribution in [2.24, 2.45) is 0 Å². The second-order valence-corrected chi connectivity index (χ2v) is 8.33. The summed E-state index contributed by atoms with van der Waals surface area (Å²) < 4.78 is 0. The van der Waals surface area contributed by atoms with E-state index in [0.29, 0.717) is 0 Å². The van der Waals surface area contributed by atoms with Gasteiger partial charge in [-0.2, -0.15) is 0 Å². The molecule has 4 nitrogen and oxygen atoms in total. The summed E-state index contributed by atoms with van der Waals surface area (Å²) in [4.78, 5) is 17.6. The highest BCUT2D eigenvalue weighted by Crippen LogP contribution is 2.19. The molecule has 34 heavy (non-hydrogen) atoms. The standard InChI is InChI=1S/C30H22N4/c1-20-9-7-15-25-27(31-19-32-30(20)25)18-29-24-14-6-5-13-23(24)28(34-29)17-22-12-8-16-26(33-22)21-10-3-2-4-11-21/h2-19,34H,1H3/b28-17-,29-18-. The lowest BCUT2D eigenvalue weighted by atomic mass is 10.1. The Kier molecular flexibility index (Phi) is 4.96. The Morgan fingerprint density at radius 1 is 0.647 bits per heavy atom. The highest BCUT2D eigenvalue weighted by molar-refractivity contribution is 5.90. The summed E-state index contributed by atoms with van der Waals surface area (Å²) in [5.74, 6) is 0. The molecule has 0 fully saturated rings. The third-order valence-electron chi connectivity index (χ3n) is 6.09. The Morgan fingerprint density at radius 2 is 1.35 bits per heavy atom. The van der Waals surface area contributed by atoms with Gasteiger partial charge in [-0.05, 0) is 36.8 Å². The Bertz CT molecular complexity index is 1770. The molecule has 0 saturated heterocycles. The van der Waals surface area contributed by atoms with Crippen molar-refractivity contribution < 1.29 is 0 Å². The molecule has 6 aromatic rings. The number of para-hydroxylation sites is 1. The summed E-state index contributed by atoms with van der Waals surface area (Å²) in [5.41, 5.74) is 5.99. The summed E-state index contributed by atoms with van der Waals surface area (Å²) >= 11 is 0. The molecule has 0 amide bonds. The van der Waals surface area contributed by atoms with Gasteiger partial charge in [0.05, 0.1) is 22.6 Å². The predicted molar refractivity (Wildman–Crippen MR) is 139 cm³/mol. The van der Waals surface area contributed by atoms with Gasteiger partial charge in [-0.15, -0.1) is 0 Å². The van der Waals surface area contributed by atoms with Crippen molar-refractivity contribution in [2.75, 3.05) is 0 Å². The normalized spacial score (nSPS) is 12.6. The van der Waals surface area contributed by atoms with Gasteiger partial charge < -0.3 is 4.98 Å². The number of aromatic nitrogens is 4. The zero-order valence-corrected chi connectivity index (χ0v) is 18.7. The van der Waals surface area contributed by atoms with Crippen molar-refractivity contribution >= 4 is 33.8 Å². The van der Waals surface area contributed by atoms with Gasteiger partial charge in [0, 0.05) is 32.4 Å². The molecule has 4 heteroatoms. The number of rotatable bonds is 3. The third kappa shape index (κ3) is 3.65. The maximum absolute atomic E-state index is 4.88. The summed E-state index contributed by atoms with van der Waals surface area (Å²) in [6, 6.07) is 31.0. The minimum Gasteiger partial charge on any atom is -0.354 e. The lowest BCUT2D eigenvalue weighted by Crippen LogP contribution is -2.11. The number of pyridine rings is 1. The zero-order valence-electron chi connectivity index (χ0n) is 18.7. The lowest BCUT2D eigenvalue weighted by molar-refractivity contribution is 1.19. The molecule has 0 spiro atoms. The van der Waals surface area contributed by atoms with Crippen LogP contribution in [0.5, 0.6) is 0 Å². The summed E-state index contributed by atoms with van der Waals surface area (Å²) in [6.45, 7) is 2.08. The number of H-pyrrole nitrogens is 1. The van der Waals surface area contributed by atoms with E-state index in [1.165, 1.54) is 0 Å². The van der Waals surface area contributed by atoms with Crippen LogP contribution >= 0.6 is 0 Å². The van der Waals surface area contributed by atoms with Gasteiger partial charge in [0.2, 0.25) is 0 Å². The SMILES string of the molecule is Cc1cccc2c(/C=c3\[nH]/c(=C\c4cccc(-c5ccccc5)n4)c4ccccc34)ncnc12. The smallest absolute Gasteiger partial charge is 0.116 e. The molecular weight excluding hydrogens is 416 g/mol. The number of aryl methyl sites for hydroxylation is 1. The largest absolute Gasteiger partial charge is 0.354 e. The van der Waals surface area contributed by atoms with Gasteiger partial charge in [-0.1, -0.05) is 78.9 Å². The number of hydrogen-bond donors (Lipinski definition) is 1. The van der Waals surface area contributed by atoms with Crippen LogP contribution in [-0.2, 0) is 0 Å². The summed E-state index contributed by atoms with van der Waals surface area (Å²) in [6.07, 6.45) is 5.85. The Hall–Kier alpha value is -4.57. The molecule has 3 aromatic heterocycles. The van der Waals surface area contributed by atoms with E-state index in [-0.39, 0.29) is 0 Å². The third-order valence-corrected chi connectivity index (χ3v) is 6.09. The van der Waals surface area contributed by atoms with Crippen LogP contribution in [0.4, 0.5) is 0 Å². The van der Waals surface area contributed by atoms with Crippen molar-refractivity contribution in [3.63, 3.8) is 0 Å². The van der Waals surface area contributed by atoms with Gasteiger partial charge in [-0.25, -0.2) is 15.0 Å². The quantitative estimate of drug-likeness (QED) is 0.416. The van der Waals surface area contributed by atoms with Crippen LogP contribution in [0.2, 0.25) is 0 Å². The number of benzene rings is 3.